The third kappa shape index (κ3) is 4.39. The van der Waals surface area contributed by atoms with Crippen LogP contribution in [0.5, 0.6) is 11.5 Å². The average Bonchev–Trinajstić information content (AvgIpc) is 3.27. The highest BCUT2D eigenvalue weighted by molar-refractivity contribution is 6.00. The van der Waals surface area contributed by atoms with E-state index in [1.54, 1.807) is 19.1 Å². The minimum atomic E-state index is -4.73. The number of hydrogen-bond donors (Lipinski definition) is 1. The van der Waals surface area contributed by atoms with Crippen molar-refractivity contribution in [3.8, 4) is 22.8 Å². The van der Waals surface area contributed by atoms with Crippen LogP contribution in [0.4, 0.5) is 13.2 Å². The van der Waals surface area contributed by atoms with Gasteiger partial charge in [-0.1, -0.05) is 30.3 Å². The largest absolute Gasteiger partial charge is 0.493 e. The number of ether oxygens (including phenoxy) is 2. The Morgan fingerprint density at radius 1 is 1.03 bits per heavy atom. The third-order valence-electron chi connectivity index (χ3n) is 5.33. The van der Waals surface area contributed by atoms with Gasteiger partial charge in [0, 0.05) is 5.56 Å². The summed E-state index contributed by atoms with van der Waals surface area (Å²) in [5.41, 5.74) is -0.130. The Morgan fingerprint density at radius 2 is 1.74 bits per heavy atom. The van der Waals surface area contributed by atoms with Gasteiger partial charge in [0.05, 0.1) is 32.2 Å². The molecule has 1 atom stereocenters. The number of hydrogen-bond acceptors (Lipinski definition) is 5. The molecule has 4 rings (SSSR count). The number of halogens is 3. The second kappa shape index (κ2) is 9.05. The van der Waals surface area contributed by atoms with Gasteiger partial charge < -0.3 is 14.8 Å². The average molecular weight is 470 g/mol. The summed E-state index contributed by atoms with van der Waals surface area (Å²) in [4.78, 5) is 17.3. The fourth-order valence-electron chi connectivity index (χ4n) is 3.57. The molecule has 0 unspecified atom stereocenters. The molecule has 2 aromatic heterocycles. The number of carbonyl (C=O) groups excluding carboxylic acids is 1. The van der Waals surface area contributed by atoms with Crippen LogP contribution < -0.4 is 14.8 Å². The highest BCUT2D eigenvalue weighted by Gasteiger charge is 2.36. The first-order chi connectivity index (χ1) is 16.2. The van der Waals surface area contributed by atoms with Gasteiger partial charge >= 0.3 is 6.18 Å². The number of fused-ring (bicyclic) bond motifs is 1. The first-order valence-corrected chi connectivity index (χ1v) is 10.3. The van der Waals surface area contributed by atoms with Crippen LogP contribution in [0, 0.1) is 0 Å². The number of nitrogens with one attached hydrogen (secondary N) is 1. The summed E-state index contributed by atoms with van der Waals surface area (Å²) in [7, 11) is 2.88. The number of benzene rings is 2. The monoisotopic (exact) mass is 470 g/mol. The smallest absolute Gasteiger partial charge is 0.433 e. The number of methoxy groups -OCH3 is 2. The molecule has 34 heavy (non-hydrogen) atoms. The molecule has 0 aliphatic heterocycles. The summed E-state index contributed by atoms with van der Waals surface area (Å²) in [5, 5.41) is 6.60. The Labute approximate surface area is 193 Å². The summed E-state index contributed by atoms with van der Waals surface area (Å²) in [6, 6.07) is 14.4. The standard InChI is InChI=1S/C24H21F3N4O3/c1-14(15-7-5-4-6-8-15)29-23(32)17-13-28-31-21(24(25,26)27)12-18(30-22(17)31)16-9-10-19(33-2)20(11-16)34-3/h4-14H,1-3H3,(H,29,32)/t14-/m0/s1. The number of alkyl halides is 3. The summed E-state index contributed by atoms with van der Waals surface area (Å²) in [5.74, 6) is 0.164. The van der Waals surface area contributed by atoms with E-state index in [2.05, 4.69) is 15.4 Å². The molecule has 0 saturated carbocycles. The lowest BCUT2D eigenvalue weighted by molar-refractivity contribution is -0.142. The molecule has 0 aliphatic rings. The normalized spacial score (nSPS) is 12.4. The lowest BCUT2D eigenvalue weighted by atomic mass is 10.1. The van der Waals surface area contributed by atoms with Crippen molar-refractivity contribution >= 4 is 11.6 Å². The lowest BCUT2D eigenvalue weighted by Crippen LogP contribution is -2.26. The third-order valence-corrected chi connectivity index (χ3v) is 5.33. The van der Waals surface area contributed by atoms with Gasteiger partial charge in [0.25, 0.3) is 5.91 Å². The maximum atomic E-state index is 13.9. The van der Waals surface area contributed by atoms with Gasteiger partial charge in [-0.05, 0) is 36.8 Å². The summed E-state index contributed by atoms with van der Waals surface area (Å²) < 4.78 is 52.7. The summed E-state index contributed by atoms with van der Waals surface area (Å²) in [6.07, 6.45) is -3.65. The summed E-state index contributed by atoms with van der Waals surface area (Å²) in [6.45, 7) is 1.78. The van der Waals surface area contributed by atoms with Crippen molar-refractivity contribution in [1.29, 1.82) is 0 Å². The van der Waals surface area contributed by atoms with E-state index in [9.17, 15) is 18.0 Å². The molecule has 0 saturated heterocycles. The molecule has 1 amide bonds. The summed E-state index contributed by atoms with van der Waals surface area (Å²) >= 11 is 0. The first-order valence-electron chi connectivity index (χ1n) is 10.3. The van der Waals surface area contributed by atoms with Crippen LogP contribution in [0.15, 0.2) is 60.8 Å². The van der Waals surface area contributed by atoms with E-state index in [-0.39, 0.29) is 22.9 Å². The van der Waals surface area contributed by atoms with Crippen LogP contribution in [0.3, 0.4) is 0 Å². The molecule has 1 N–H and O–H groups in total. The van der Waals surface area contributed by atoms with Gasteiger partial charge in [-0.15, -0.1) is 0 Å². The van der Waals surface area contributed by atoms with E-state index in [1.807, 2.05) is 30.3 Å². The van der Waals surface area contributed by atoms with Crippen LogP contribution in [-0.2, 0) is 6.18 Å². The molecule has 0 bridgehead atoms. The number of nitrogens with zero attached hydrogens (tertiary/aromatic N) is 3. The number of rotatable bonds is 6. The van der Waals surface area contributed by atoms with Crippen molar-refractivity contribution in [3.05, 3.63) is 77.6 Å². The van der Waals surface area contributed by atoms with Gasteiger partial charge in [0.1, 0.15) is 5.56 Å². The van der Waals surface area contributed by atoms with Crippen LogP contribution >= 0.6 is 0 Å². The number of amides is 1. The van der Waals surface area contributed by atoms with E-state index in [0.717, 1.165) is 17.8 Å². The molecule has 2 aromatic carbocycles. The molecular formula is C24H21F3N4O3. The molecule has 0 aliphatic carbocycles. The van der Waals surface area contributed by atoms with E-state index < -0.39 is 17.8 Å². The highest BCUT2D eigenvalue weighted by Crippen LogP contribution is 2.35. The molecule has 0 spiro atoms. The zero-order valence-corrected chi connectivity index (χ0v) is 18.6. The van der Waals surface area contributed by atoms with Crippen molar-refractivity contribution in [3.63, 3.8) is 0 Å². The Morgan fingerprint density at radius 3 is 2.38 bits per heavy atom. The lowest BCUT2D eigenvalue weighted by Gasteiger charge is -2.15. The van der Waals surface area contributed by atoms with E-state index in [0.29, 0.717) is 21.6 Å². The zero-order valence-electron chi connectivity index (χ0n) is 18.6. The first kappa shape index (κ1) is 23.1. The second-order valence-electron chi connectivity index (χ2n) is 7.49. The van der Waals surface area contributed by atoms with Crippen LogP contribution in [0.2, 0.25) is 0 Å². The zero-order chi connectivity index (χ0) is 24.5. The van der Waals surface area contributed by atoms with Crippen molar-refractivity contribution < 1.29 is 27.4 Å². The Kier molecular flexibility index (Phi) is 6.14. The molecule has 2 heterocycles. The number of carbonyl (C=O) groups is 1. The maximum absolute atomic E-state index is 13.9. The SMILES string of the molecule is COc1ccc(-c2cc(C(F)(F)F)n3ncc(C(=O)N[C@@H](C)c4ccccc4)c3n2)cc1OC. The van der Waals surface area contributed by atoms with E-state index >= 15 is 0 Å². The van der Waals surface area contributed by atoms with Crippen molar-refractivity contribution in [2.75, 3.05) is 14.2 Å². The van der Waals surface area contributed by atoms with Gasteiger partial charge in [0.15, 0.2) is 22.8 Å². The molecule has 7 nitrogen and oxygen atoms in total. The van der Waals surface area contributed by atoms with Crippen molar-refractivity contribution in [2.45, 2.75) is 19.1 Å². The molecule has 4 aromatic rings. The highest BCUT2D eigenvalue weighted by atomic mass is 19.4. The molecule has 10 heteroatoms. The van der Waals surface area contributed by atoms with Gasteiger partial charge in [-0.2, -0.15) is 18.3 Å². The maximum Gasteiger partial charge on any atom is 0.433 e. The Hall–Kier alpha value is -4.08. The van der Waals surface area contributed by atoms with Gasteiger partial charge in [0.2, 0.25) is 0 Å². The quantitative estimate of drug-likeness (QED) is 0.433. The fourth-order valence-corrected chi connectivity index (χ4v) is 3.57. The minimum Gasteiger partial charge on any atom is -0.493 e. The fraction of sp³-hybridized carbons (Fsp3) is 0.208. The molecule has 0 fully saturated rings. The van der Waals surface area contributed by atoms with Crippen LogP contribution in [-0.4, -0.2) is 34.7 Å². The molecule has 0 radical (unpaired) electrons. The van der Waals surface area contributed by atoms with Crippen LogP contribution in [0.25, 0.3) is 16.9 Å². The van der Waals surface area contributed by atoms with E-state index in [1.165, 1.54) is 20.3 Å². The van der Waals surface area contributed by atoms with E-state index in [4.69, 9.17) is 9.47 Å². The van der Waals surface area contributed by atoms with Gasteiger partial charge in [-0.25, -0.2) is 9.50 Å². The Bertz CT molecular complexity index is 1340. The Balaban J connectivity index is 1.81. The topological polar surface area (TPSA) is 77.8 Å². The predicted octanol–water partition coefficient (Wildman–Crippen LogP) is 4.92. The minimum absolute atomic E-state index is 0.00596. The number of aromatic nitrogens is 3. The van der Waals surface area contributed by atoms with Crippen molar-refractivity contribution in [1.82, 2.24) is 19.9 Å². The molecule has 176 valence electrons. The predicted molar refractivity (Wildman–Crippen MR) is 119 cm³/mol. The second-order valence-corrected chi connectivity index (χ2v) is 7.49. The van der Waals surface area contributed by atoms with Gasteiger partial charge in [-0.3, -0.25) is 4.79 Å². The van der Waals surface area contributed by atoms with Crippen LogP contribution in [0.1, 0.15) is 34.6 Å². The molecular weight excluding hydrogens is 449 g/mol. The van der Waals surface area contributed by atoms with Crippen molar-refractivity contribution in [2.24, 2.45) is 0 Å².